The van der Waals surface area contributed by atoms with Gasteiger partial charge in [0.25, 0.3) is 0 Å². The number of aromatic nitrogens is 1. The first kappa shape index (κ1) is 9.21. The Bertz CT molecular complexity index is 271. The Morgan fingerprint density at radius 1 is 1.58 bits per heavy atom. The molecule has 0 fully saturated rings. The molecule has 0 aliphatic heterocycles. The van der Waals surface area contributed by atoms with Gasteiger partial charge in [-0.3, -0.25) is 4.98 Å². The van der Waals surface area contributed by atoms with Crippen LogP contribution in [0.5, 0.6) is 0 Å². The zero-order valence-corrected chi connectivity index (χ0v) is 8.41. The fourth-order valence-electron chi connectivity index (χ4n) is 1.09. The van der Waals surface area contributed by atoms with E-state index in [0.717, 1.165) is 12.1 Å². The zero-order chi connectivity index (χ0) is 8.97. The van der Waals surface area contributed by atoms with E-state index in [1.807, 2.05) is 32.2 Å². The van der Waals surface area contributed by atoms with Crippen molar-refractivity contribution in [2.45, 2.75) is 6.42 Å². The normalized spacial score (nSPS) is 9.50. The van der Waals surface area contributed by atoms with E-state index in [4.69, 9.17) is 0 Å². The smallest absolute Gasteiger partial charge is 0.0677 e. The van der Waals surface area contributed by atoms with Gasteiger partial charge in [-0.1, -0.05) is 5.80 Å². The van der Waals surface area contributed by atoms with Crippen LogP contribution >= 0.6 is 8.86 Å². The summed E-state index contributed by atoms with van der Waals surface area (Å²) < 4.78 is 0. The van der Waals surface area contributed by atoms with E-state index in [2.05, 4.69) is 24.8 Å². The van der Waals surface area contributed by atoms with Gasteiger partial charge in [-0.2, -0.15) is 0 Å². The minimum Gasteiger partial charge on any atom is -0.376 e. The van der Waals surface area contributed by atoms with Crippen molar-refractivity contribution in [1.29, 1.82) is 0 Å². The van der Waals surface area contributed by atoms with Crippen molar-refractivity contribution >= 4 is 20.3 Å². The molecule has 0 aliphatic carbocycles. The lowest BCUT2D eigenvalue weighted by Gasteiger charge is -2.14. The molecule has 1 aromatic heterocycles. The van der Waals surface area contributed by atoms with Gasteiger partial charge in [-0.15, -0.1) is 8.86 Å². The van der Waals surface area contributed by atoms with Crippen LogP contribution in [0.25, 0.3) is 0 Å². The third-order valence-electron chi connectivity index (χ3n) is 1.64. The summed E-state index contributed by atoms with van der Waals surface area (Å²) in [6, 6.07) is 4.02. The molecule has 0 amide bonds. The van der Waals surface area contributed by atoms with E-state index in [1.54, 1.807) is 0 Å². The van der Waals surface area contributed by atoms with Crippen molar-refractivity contribution in [2.24, 2.45) is 0 Å². The molecule has 0 spiro atoms. The summed E-state index contributed by atoms with van der Waals surface area (Å²) >= 11 is 0. The van der Waals surface area contributed by atoms with Crippen LogP contribution in [0.15, 0.2) is 18.3 Å². The highest BCUT2D eigenvalue weighted by atomic mass is 31.0. The Morgan fingerprint density at radius 3 is 2.92 bits per heavy atom. The number of nitrogens with zero attached hydrogens (tertiary/aromatic N) is 2. The maximum atomic E-state index is 4.29. The molecule has 0 atom stereocenters. The maximum Gasteiger partial charge on any atom is 0.0677 e. The predicted molar refractivity (Wildman–Crippen MR) is 56.6 cm³/mol. The van der Waals surface area contributed by atoms with Gasteiger partial charge in [0.1, 0.15) is 0 Å². The molecule has 1 aromatic rings. The lowest BCUT2D eigenvalue weighted by atomic mass is 10.2. The average molecular weight is 180 g/mol. The fourth-order valence-corrected chi connectivity index (χ4v) is 1.28. The summed E-state index contributed by atoms with van der Waals surface area (Å²) in [5.74, 6) is 1.93. The molecule has 3 heteroatoms. The van der Waals surface area contributed by atoms with Gasteiger partial charge < -0.3 is 4.90 Å². The Balaban J connectivity index is 2.99. The van der Waals surface area contributed by atoms with Crippen molar-refractivity contribution < 1.29 is 0 Å². The Labute approximate surface area is 75.5 Å². The van der Waals surface area contributed by atoms with Crippen LogP contribution in [-0.2, 0) is 6.42 Å². The summed E-state index contributed by atoms with van der Waals surface area (Å²) in [5.41, 5.74) is 2.27. The van der Waals surface area contributed by atoms with Gasteiger partial charge in [0.2, 0.25) is 0 Å². The third kappa shape index (κ3) is 2.05. The van der Waals surface area contributed by atoms with Crippen molar-refractivity contribution in [2.75, 3.05) is 19.0 Å². The number of anilines is 1. The molecule has 0 aromatic carbocycles. The molecule has 0 radical (unpaired) electrons. The highest BCUT2D eigenvalue weighted by Gasteiger charge is 2.01. The molecular formula is C9H13N2P. The van der Waals surface area contributed by atoms with Crippen LogP contribution in [0.1, 0.15) is 5.69 Å². The third-order valence-corrected chi connectivity index (χ3v) is 1.85. The molecule has 2 nitrogen and oxygen atoms in total. The standard InChI is InChI=1S/C9H13N2P/c1-11(2)9-4-3-6-10-8(9)5-7-12/h3-4,6-7,12H,5H2,1-2H3. The second kappa shape index (κ2) is 4.22. The highest BCUT2D eigenvalue weighted by molar-refractivity contribution is 7.18. The van der Waals surface area contributed by atoms with Gasteiger partial charge in [-0.05, 0) is 12.1 Å². The number of hydrogen-bond donors (Lipinski definition) is 0. The second-order valence-electron chi connectivity index (χ2n) is 2.77. The molecule has 1 heterocycles. The maximum absolute atomic E-state index is 4.29. The Hall–Kier alpha value is -0.880. The summed E-state index contributed by atoms with van der Waals surface area (Å²) in [6.07, 6.45) is 2.67. The van der Waals surface area contributed by atoms with E-state index in [-0.39, 0.29) is 0 Å². The van der Waals surface area contributed by atoms with E-state index >= 15 is 0 Å². The summed E-state index contributed by atoms with van der Waals surface area (Å²) in [5, 5.41) is 0. The van der Waals surface area contributed by atoms with Gasteiger partial charge in [0, 0.05) is 26.7 Å². The second-order valence-corrected chi connectivity index (χ2v) is 3.18. The topological polar surface area (TPSA) is 16.1 Å². The van der Waals surface area contributed by atoms with Gasteiger partial charge >= 0.3 is 0 Å². The lowest BCUT2D eigenvalue weighted by molar-refractivity contribution is 1.06. The van der Waals surface area contributed by atoms with Crippen molar-refractivity contribution in [3.63, 3.8) is 0 Å². The van der Waals surface area contributed by atoms with Gasteiger partial charge in [-0.25, -0.2) is 0 Å². The summed E-state index contributed by atoms with van der Waals surface area (Å²) in [6.45, 7) is 0. The quantitative estimate of drug-likeness (QED) is 0.657. The SMILES string of the molecule is CN(C)c1cccnc1CC=P. The van der Waals surface area contributed by atoms with Crippen LogP contribution in [0, 0.1) is 0 Å². The van der Waals surface area contributed by atoms with Gasteiger partial charge in [0.15, 0.2) is 0 Å². The molecular weight excluding hydrogens is 167 g/mol. The van der Waals surface area contributed by atoms with Crippen LogP contribution in [0.2, 0.25) is 0 Å². The molecule has 0 saturated heterocycles. The first-order chi connectivity index (χ1) is 5.75. The average Bonchev–Trinajstić information content (AvgIpc) is 2.05. The molecule has 0 N–H and O–H groups in total. The lowest BCUT2D eigenvalue weighted by Crippen LogP contribution is -2.12. The molecule has 0 aliphatic rings. The largest absolute Gasteiger partial charge is 0.376 e. The Morgan fingerprint density at radius 2 is 2.33 bits per heavy atom. The Kier molecular flexibility index (Phi) is 3.24. The monoisotopic (exact) mass is 180 g/mol. The summed E-state index contributed by atoms with van der Waals surface area (Å²) in [4.78, 5) is 6.35. The van der Waals surface area contributed by atoms with Crippen LogP contribution in [-0.4, -0.2) is 24.9 Å². The number of pyridine rings is 1. The molecule has 1 rings (SSSR count). The van der Waals surface area contributed by atoms with Crippen molar-refractivity contribution in [3.05, 3.63) is 24.0 Å². The van der Waals surface area contributed by atoms with Gasteiger partial charge in [0.05, 0.1) is 11.4 Å². The predicted octanol–water partition coefficient (Wildman–Crippen LogP) is 1.64. The molecule has 0 unspecified atom stereocenters. The van der Waals surface area contributed by atoms with E-state index < -0.39 is 0 Å². The van der Waals surface area contributed by atoms with E-state index in [0.29, 0.717) is 0 Å². The minimum atomic E-state index is 0.852. The van der Waals surface area contributed by atoms with Crippen LogP contribution in [0.3, 0.4) is 0 Å². The number of rotatable bonds is 3. The minimum absolute atomic E-state index is 0.852. The highest BCUT2D eigenvalue weighted by Crippen LogP contribution is 2.14. The first-order valence-electron chi connectivity index (χ1n) is 3.86. The summed E-state index contributed by atoms with van der Waals surface area (Å²) in [7, 11) is 7.38. The van der Waals surface area contributed by atoms with E-state index in [9.17, 15) is 0 Å². The van der Waals surface area contributed by atoms with E-state index in [1.165, 1.54) is 5.69 Å². The van der Waals surface area contributed by atoms with Crippen LogP contribution in [0.4, 0.5) is 5.69 Å². The van der Waals surface area contributed by atoms with Crippen molar-refractivity contribution in [1.82, 2.24) is 4.98 Å². The zero-order valence-electron chi connectivity index (χ0n) is 7.41. The van der Waals surface area contributed by atoms with Crippen LogP contribution < -0.4 is 4.90 Å². The fraction of sp³-hybridized carbons (Fsp3) is 0.333. The van der Waals surface area contributed by atoms with Crippen molar-refractivity contribution in [3.8, 4) is 0 Å². The number of hydrogen-bond acceptors (Lipinski definition) is 2. The molecule has 12 heavy (non-hydrogen) atoms. The molecule has 0 saturated carbocycles. The molecule has 0 bridgehead atoms. The molecule has 64 valence electrons. The first-order valence-corrected chi connectivity index (χ1v) is 4.43.